The average Bonchev–Trinajstić information content (AvgIpc) is 2.46. The fourth-order valence-corrected chi connectivity index (χ4v) is 2.74. The minimum atomic E-state index is -0.118. The van der Waals surface area contributed by atoms with Crippen LogP contribution < -0.4 is 10.6 Å². The van der Waals surface area contributed by atoms with Crippen LogP contribution in [0.25, 0.3) is 0 Å². The first-order valence-corrected chi connectivity index (χ1v) is 7.61. The summed E-state index contributed by atoms with van der Waals surface area (Å²) in [4.78, 5) is 12.2. The van der Waals surface area contributed by atoms with Gasteiger partial charge in [0, 0.05) is 22.9 Å². The standard InChI is InChI=1S/C16H23ClN2O.ClH/c1-16(2,13-4-3-5-14(17)10-13)11-19-15(20)12-6-8-18-9-7-12;/h3-5,10,12,18H,6-9,11H2,1-2H3,(H,19,20);1H. The fraction of sp³-hybridized carbons (Fsp3) is 0.562. The summed E-state index contributed by atoms with van der Waals surface area (Å²) in [6.45, 7) is 6.77. The Labute approximate surface area is 138 Å². The molecule has 1 aromatic carbocycles. The highest BCUT2D eigenvalue weighted by atomic mass is 35.5. The first-order valence-electron chi connectivity index (χ1n) is 7.23. The second kappa shape index (κ2) is 8.02. The Hall–Kier alpha value is -0.770. The molecule has 1 aliphatic rings. The Kier molecular flexibility index (Phi) is 6.98. The number of rotatable bonds is 4. The Morgan fingerprint density at radius 1 is 1.38 bits per heavy atom. The Morgan fingerprint density at radius 2 is 2.05 bits per heavy atom. The molecule has 0 unspecified atom stereocenters. The SMILES string of the molecule is CC(C)(CNC(=O)C1CCNCC1)c1cccc(Cl)c1.Cl. The van der Waals surface area contributed by atoms with E-state index in [2.05, 4.69) is 30.5 Å². The van der Waals surface area contributed by atoms with Gasteiger partial charge in [-0.25, -0.2) is 0 Å². The van der Waals surface area contributed by atoms with Crippen molar-refractivity contribution in [3.8, 4) is 0 Å². The summed E-state index contributed by atoms with van der Waals surface area (Å²) < 4.78 is 0. The fourth-order valence-electron chi connectivity index (χ4n) is 2.55. The highest BCUT2D eigenvalue weighted by Gasteiger charge is 2.25. The maximum absolute atomic E-state index is 12.2. The highest BCUT2D eigenvalue weighted by Crippen LogP contribution is 2.25. The van der Waals surface area contributed by atoms with E-state index in [0.717, 1.165) is 36.5 Å². The van der Waals surface area contributed by atoms with E-state index in [1.807, 2.05) is 18.2 Å². The maximum atomic E-state index is 12.2. The van der Waals surface area contributed by atoms with Crippen LogP contribution in [0.5, 0.6) is 0 Å². The van der Waals surface area contributed by atoms with E-state index in [-0.39, 0.29) is 29.6 Å². The van der Waals surface area contributed by atoms with E-state index in [1.165, 1.54) is 0 Å². The van der Waals surface area contributed by atoms with E-state index in [1.54, 1.807) is 0 Å². The van der Waals surface area contributed by atoms with Crippen LogP contribution in [-0.4, -0.2) is 25.5 Å². The number of hydrogen-bond acceptors (Lipinski definition) is 2. The molecule has 2 rings (SSSR count). The third-order valence-corrected chi connectivity index (χ3v) is 4.26. The van der Waals surface area contributed by atoms with Crippen LogP contribution in [0, 0.1) is 5.92 Å². The number of amides is 1. The van der Waals surface area contributed by atoms with E-state index in [0.29, 0.717) is 6.54 Å². The van der Waals surface area contributed by atoms with Crippen LogP contribution in [0.2, 0.25) is 5.02 Å². The molecule has 1 saturated heterocycles. The molecule has 0 aromatic heterocycles. The van der Waals surface area contributed by atoms with Crippen molar-refractivity contribution < 1.29 is 4.79 Å². The van der Waals surface area contributed by atoms with Gasteiger partial charge in [-0.05, 0) is 43.6 Å². The molecule has 1 fully saturated rings. The average molecular weight is 331 g/mol. The monoisotopic (exact) mass is 330 g/mol. The van der Waals surface area contributed by atoms with Crippen LogP contribution in [0.1, 0.15) is 32.3 Å². The van der Waals surface area contributed by atoms with Crippen molar-refractivity contribution in [2.45, 2.75) is 32.1 Å². The van der Waals surface area contributed by atoms with Gasteiger partial charge in [0.05, 0.1) is 0 Å². The lowest BCUT2D eigenvalue weighted by atomic mass is 9.84. The number of carbonyl (C=O) groups excluding carboxylic acids is 1. The van der Waals surface area contributed by atoms with Crippen LogP contribution in [-0.2, 0) is 10.2 Å². The minimum absolute atomic E-state index is 0. The Bertz CT molecular complexity index is 471. The molecule has 0 radical (unpaired) electrons. The largest absolute Gasteiger partial charge is 0.355 e. The molecule has 0 atom stereocenters. The predicted octanol–water partition coefficient (Wildman–Crippen LogP) is 3.16. The Balaban J connectivity index is 0.00000220. The number of piperidine rings is 1. The molecule has 2 N–H and O–H groups in total. The zero-order chi connectivity index (χ0) is 14.6. The van der Waals surface area contributed by atoms with Crippen molar-refractivity contribution in [3.05, 3.63) is 34.9 Å². The van der Waals surface area contributed by atoms with Gasteiger partial charge in [0.2, 0.25) is 5.91 Å². The number of benzene rings is 1. The summed E-state index contributed by atoms with van der Waals surface area (Å²) in [5.74, 6) is 0.341. The predicted molar refractivity (Wildman–Crippen MR) is 90.3 cm³/mol. The first kappa shape index (κ1) is 18.3. The molecule has 0 saturated carbocycles. The molecular weight excluding hydrogens is 307 g/mol. The molecule has 1 aromatic rings. The molecule has 0 bridgehead atoms. The van der Waals surface area contributed by atoms with Crippen LogP contribution in [0.3, 0.4) is 0 Å². The van der Waals surface area contributed by atoms with E-state index in [4.69, 9.17) is 11.6 Å². The molecule has 5 heteroatoms. The molecule has 1 aliphatic heterocycles. The van der Waals surface area contributed by atoms with Crippen LogP contribution in [0.4, 0.5) is 0 Å². The van der Waals surface area contributed by atoms with Crippen molar-refractivity contribution in [1.29, 1.82) is 0 Å². The zero-order valence-electron chi connectivity index (χ0n) is 12.6. The van der Waals surface area contributed by atoms with E-state index < -0.39 is 0 Å². The number of nitrogens with one attached hydrogen (secondary N) is 2. The normalized spacial score (nSPS) is 16.1. The van der Waals surface area contributed by atoms with Crippen molar-refractivity contribution in [1.82, 2.24) is 10.6 Å². The van der Waals surface area contributed by atoms with Gasteiger partial charge in [-0.3, -0.25) is 4.79 Å². The third-order valence-electron chi connectivity index (χ3n) is 4.02. The lowest BCUT2D eigenvalue weighted by Crippen LogP contribution is -2.42. The van der Waals surface area contributed by atoms with Gasteiger partial charge in [0.15, 0.2) is 0 Å². The first-order chi connectivity index (χ1) is 9.49. The topological polar surface area (TPSA) is 41.1 Å². The summed E-state index contributed by atoms with van der Waals surface area (Å²) in [6.07, 6.45) is 1.87. The van der Waals surface area contributed by atoms with E-state index in [9.17, 15) is 4.79 Å². The zero-order valence-corrected chi connectivity index (χ0v) is 14.2. The van der Waals surface area contributed by atoms with Gasteiger partial charge in [0.25, 0.3) is 0 Å². The molecule has 0 spiro atoms. The molecule has 0 aliphatic carbocycles. The minimum Gasteiger partial charge on any atom is -0.355 e. The van der Waals surface area contributed by atoms with Crippen molar-refractivity contribution >= 4 is 29.9 Å². The number of halogens is 2. The van der Waals surface area contributed by atoms with Crippen molar-refractivity contribution in [2.75, 3.05) is 19.6 Å². The lowest BCUT2D eigenvalue weighted by molar-refractivity contribution is -0.125. The maximum Gasteiger partial charge on any atom is 0.223 e. The molecule has 1 heterocycles. The summed E-state index contributed by atoms with van der Waals surface area (Å²) in [7, 11) is 0. The van der Waals surface area contributed by atoms with Gasteiger partial charge < -0.3 is 10.6 Å². The summed E-state index contributed by atoms with van der Waals surface area (Å²) in [5.41, 5.74) is 1.03. The molecule has 21 heavy (non-hydrogen) atoms. The summed E-state index contributed by atoms with van der Waals surface area (Å²) in [5, 5.41) is 7.12. The second-order valence-corrected chi connectivity index (χ2v) is 6.57. The highest BCUT2D eigenvalue weighted by molar-refractivity contribution is 6.30. The summed E-state index contributed by atoms with van der Waals surface area (Å²) >= 11 is 6.04. The van der Waals surface area contributed by atoms with E-state index >= 15 is 0 Å². The molecule has 3 nitrogen and oxygen atoms in total. The smallest absolute Gasteiger partial charge is 0.223 e. The third kappa shape index (κ3) is 5.17. The second-order valence-electron chi connectivity index (χ2n) is 6.14. The number of hydrogen-bond donors (Lipinski definition) is 2. The molecule has 1 amide bonds. The lowest BCUT2D eigenvalue weighted by Gasteiger charge is -2.28. The van der Waals surface area contributed by atoms with Crippen molar-refractivity contribution in [3.63, 3.8) is 0 Å². The van der Waals surface area contributed by atoms with Gasteiger partial charge in [-0.2, -0.15) is 0 Å². The van der Waals surface area contributed by atoms with Gasteiger partial charge >= 0.3 is 0 Å². The van der Waals surface area contributed by atoms with Crippen molar-refractivity contribution in [2.24, 2.45) is 5.92 Å². The van der Waals surface area contributed by atoms with Crippen LogP contribution in [0.15, 0.2) is 24.3 Å². The summed E-state index contributed by atoms with van der Waals surface area (Å²) in [6, 6.07) is 7.85. The van der Waals surface area contributed by atoms with Gasteiger partial charge in [-0.1, -0.05) is 37.6 Å². The van der Waals surface area contributed by atoms with Gasteiger partial charge in [0.1, 0.15) is 0 Å². The van der Waals surface area contributed by atoms with Gasteiger partial charge in [-0.15, -0.1) is 12.4 Å². The quantitative estimate of drug-likeness (QED) is 0.890. The molecular formula is C16H24Cl2N2O. The van der Waals surface area contributed by atoms with Crippen LogP contribution >= 0.6 is 24.0 Å². The number of carbonyl (C=O) groups is 1. The Morgan fingerprint density at radius 3 is 2.67 bits per heavy atom. The molecule has 118 valence electrons.